The molecular formula is C21H28O. The van der Waals surface area contributed by atoms with Gasteiger partial charge in [-0.15, -0.1) is 12.3 Å². The summed E-state index contributed by atoms with van der Waals surface area (Å²) in [6, 6.07) is 0. The van der Waals surface area contributed by atoms with Crippen LogP contribution >= 0.6 is 0 Å². The topological polar surface area (TPSA) is 17.1 Å². The smallest absolute Gasteiger partial charge is 0.155 e. The summed E-state index contributed by atoms with van der Waals surface area (Å²) >= 11 is 0. The highest BCUT2D eigenvalue weighted by Gasteiger charge is 2.57. The van der Waals surface area contributed by atoms with Gasteiger partial charge in [-0.1, -0.05) is 19.4 Å². The van der Waals surface area contributed by atoms with E-state index in [1.807, 2.05) is 6.08 Å². The molecule has 3 fully saturated rings. The molecule has 4 aliphatic rings. The van der Waals surface area contributed by atoms with E-state index in [9.17, 15) is 4.79 Å². The fraction of sp³-hybridized carbons (Fsp3) is 0.762. The van der Waals surface area contributed by atoms with Crippen molar-refractivity contribution in [2.24, 2.45) is 40.9 Å². The quantitative estimate of drug-likeness (QED) is 0.596. The predicted molar refractivity (Wildman–Crippen MR) is 89.0 cm³/mol. The van der Waals surface area contributed by atoms with Gasteiger partial charge < -0.3 is 0 Å². The van der Waals surface area contributed by atoms with Crippen LogP contribution in [0.1, 0.15) is 58.8 Å². The normalized spacial score (nSPS) is 50.4. The average Bonchev–Trinajstić information content (AvgIpc) is 2.83. The van der Waals surface area contributed by atoms with Gasteiger partial charge in [-0.25, -0.2) is 0 Å². The first-order chi connectivity index (χ1) is 10.5. The van der Waals surface area contributed by atoms with Crippen molar-refractivity contribution in [3.8, 4) is 12.3 Å². The molecule has 0 spiro atoms. The standard InChI is InChI=1S/C21H28O/c1-4-15-5-8-19-20-13(2)11-14-12-16(22)6-7-17(14)18(20)9-10-21(15,19)3/h1,12-13,15,17-20H,5-11H2,2-3H3/t13-,15-,17+,18-,19+,20-,21-/m1/s1. The Kier molecular flexibility index (Phi) is 3.30. The third kappa shape index (κ3) is 1.89. The molecule has 7 atom stereocenters. The van der Waals surface area contributed by atoms with E-state index in [1.54, 1.807) is 0 Å². The molecule has 3 saturated carbocycles. The number of carbonyl (C=O) groups is 1. The molecule has 0 saturated heterocycles. The lowest BCUT2D eigenvalue weighted by Crippen LogP contribution is -2.49. The van der Waals surface area contributed by atoms with E-state index in [4.69, 9.17) is 6.42 Å². The number of hydrogen-bond acceptors (Lipinski definition) is 1. The summed E-state index contributed by atoms with van der Waals surface area (Å²) < 4.78 is 0. The molecule has 0 bridgehead atoms. The van der Waals surface area contributed by atoms with E-state index in [1.165, 1.54) is 31.3 Å². The van der Waals surface area contributed by atoms with Crippen molar-refractivity contribution >= 4 is 5.78 Å². The Morgan fingerprint density at radius 2 is 2.09 bits per heavy atom. The van der Waals surface area contributed by atoms with E-state index >= 15 is 0 Å². The molecule has 0 amide bonds. The Morgan fingerprint density at radius 3 is 2.86 bits per heavy atom. The maximum atomic E-state index is 11.8. The Morgan fingerprint density at radius 1 is 1.27 bits per heavy atom. The van der Waals surface area contributed by atoms with E-state index in [0.717, 1.165) is 42.9 Å². The summed E-state index contributed by atoms with van der Waals surface area (Å²) in [4.78, 5) is 11.8. The van der Waals surface area contributed by atoms with Crippen molar-refractivity contribution in [3.63, 3.8) is 0 Å². The van der Waals surface area contributed by atoms with Crippen LogP contribution in [0, 0.1) is 53.3 Å². The van der Waals surface area contributed by atoms with E-state index in [0.29, 0.717) is 23.0 Å². The van der Waals surface area contributed by atoms with Crippen molar-refractivity contribution in [1.82, 2.24) is 0 Å². The minimum atomic E-state index is 0.366. The summed E-state index contributed by atoms with van der Waals surface area (Å²) in [5.41, 5.74) is 1.87. The van der Waals surface area contributed by atoms with Crippen molar-refractivity contribution in [3.05, 3.63) is 11.6 Å². The number of ketones is 1. The lowest BCUT2D eigenvalue weighted by Gasteiger charge is -2.55. The third-order valence-electron chi connectivity index (χ3n) is 7.84. The SMILES string of the molecule is C#C[C@@H]1CC[C@H]2[C@H]3[C@H](CC[C@]12C)[C@H]1CCC(=O)C=C1C[C@H]3C. The Hall–Kier alpha value is -1.03. The maximum absolute atomic E-state index is 11.8. The van der Waals surface area contributed by atoms with Crippen molar-refractivity contribution in [2.75, 3.05) is 0 Å². The van der Waals surface area contributed by atoms with E-state index in [-0.39, 0.29) is 0 Å². The van der Waals surface area contributed by atoms with Crippen LogP contribution in [0.4, 0.5) is 0 Å². The first-order valence-electron chi connectivity index (χ1n) is 9.24. The summed E-state index contributed by atoms with van der Waals surface area (Å²) in [5, 5.41) is 0. The second-order valence-corrected chi connectivity index (χ2v) is 8.70. The summed E-state index contributed by atoms with van der Waals surface area (Å²) in [7, 11) is 0. The zero-order valence-corrected chi connectivity index (χ0v) is 14.0. The van der Waals surface area contributed by atoms with Crippen molar-refractivity contribution in [1.29, 1.82) is 0 Å². The van der Waals surface area contributed by atoms with Crippen LogP contribution in [-0.2, 0) is 4.79 Å². The maximum Gasteiger partial charge on any atom is 0.155 e. The Bertz CT molecular complexity index is 565. The summed E-state index contributed by atoms with van der Waals surface area (Å²) in [5.74, 6) is 7.88. The molecule has 0 aliphatic heterocycles. The first kappa shape index (κ1) is 14.6. The van der Waals surface area contributed by atoms with Crippen molar-refractivity contribution in [2.45, 2.75) is 58.8 Å². The van der Waals surface area contributed by atoms with Crippen molar-refractivity contribution < 1.29 is 4.79 Å². The number of fused-ring (bicyclic) bond motifs is 5. The minimum Gasteiger partial charge on any atom is -0.295 e. The highest BCUT2D eigenvalue weighted by Crippen LogP contribution is 2.64. The molecule has 4 aliphatic carbocycles. The number of rotatable bonds is 0. The van der Waals surface area contributed by atoms with Gasteiger partial charge in [-0.05, 0) is 79.6 Å². The van der Waals surface area contributed by atoms with Crippen LogP contribution < -0.4 is 0 Å². The first-order valence-corrected chi connectivity index (χ1v) is 9.24. The fourth-order valence-electron chi connectivity index (χ4n) is 6.86. The monoisotopic (exact) mass is 296 g/mol. The highest BCUT2D eigenvalue weighted by atomic mass is 16.1. The lowest BCUT2D eigenvalue weighted by atomic mass is 9.49. The molecule has 0 aromatic carbocycles. The number of hydrogen-bond donors (Lipinski definition) is 0. The molecule has 22 heavy (non-hydrogen) atoms. The third-order valence-corrected chi connectivity index (χ3v) is 7.84. The fourth-order valence-corrected chi connectivity index (χ4v) is 6.86. The van der Waals surface area contributed by atoms with Gasteiger partial charge in [0.1, 0.15) is 0 Å². The van der Waals surface area contributed by atoms with Gasteiger partial charge in [0.15, 0.2) is 5.78 Å². The second-order valence-electron chi connectivity index (χ2n) is 8.70. The van der Waals surface area contributed by atoms with Crippen LogP contribution in [0.5, 0.6) is 0 Å². The second kappa shape index (κ2) is 4.98. The zero-order valence-electron chi connectivity index (χ0n) is 14.0. The lowest BCUT2D eigenvalue weighted by molar-refractivity contribution is -0.116. The predicted octanol–water partition coefficient (Wildman–Crippen LogP) is 4.62. The largest absolute Gasteiger partial charge is 0.295 e. The molecule has 4 rings (SSSR count). The van der Waals surface area contributed by atoms with Gasteiger partial charge in [0.25, 0.3) is 0 Å². The number of carbonyl (C=O) groups excluding carboxylic acids is 1. The van der Waals surface area contributed by atoms with Crippen LogP contribution in [0.25, 0.3) is 0 Å². The molecule has 0 unspecified atom stereocenters. The van der Waals surface area contributed by atoms with Gasteiger partial charge in [0, 0.05) is 12.3 Å². The average molecular weight is 296 g/mol. The highest BCUT2D eigenvalue weighted by molar-refractivity contribution is 5.91. The Labute approximate surface area is 134 Å². The van der Waals surface area contributed by atoms with Gasteiger partial charge in [-0.2, -0.15) is 0 Å². The molecule has 0 radical (unpaired) electrons. The molecule has 0 N–H and O–H groups in total. The Balaban J connectivity index is 1.68. The zero-order chi connectivity index (χ0) is 15.5. The van der Waals surface area contributed by atoms with Gasteiger partial charge in [-0.3, -0.25) is 4.79 Å². The van der Waals surface area contributed by atoms with E-state index in [2.05, 4.69) is 19.8 Å². The molecular weight excluding hydrogens is 268 g/mol. The van der Waals surface area contributed by atoms with Crippen LogP contribution in [0.3, 0.4) is 0 Å². The molecule has 0 aromatic rings. The molecule has 118 valence electrons. The van der Waals surface area contributed by atoms with Gasteiger partial charge in [0.2, 0.25) is 0 Å². The van der Waals surface area contributed by atoms with Crippen LogP contribution in [-0.4, -0.2) is 5.78 Å². The van der Waals surface area contributed by atoms with Gasteiger partial charge >= 0.3 is 0 Å². The number of allylic oxidation sites excluding steroid dienone is 1. The van der Waals surface area contributed by atoms with Gasteiger partial charge in [0.05, 0.1) is 0 Å². The molecule has 0 heterocycles. The summed E-state index contributed by atoms with van der Waals surface area (Å²) in [6.07, 6.45) is 16.1. The summed E-state index contributed by atoms with van der Waals surface area (Å²) in [6.45, 7) is 4.91. The van der Waals surface area contributed by atoms with E-state index < -0.39 is 0 Å². The minimum absolute atomic E-state index is 0.366. The molecule has 1 heteroatoms. The van der Waals surface area contributed by atoms with Crippen LogP contribution in [0.15, 0.2) is 11.6 Å². The van der Waals surface area contributed by atoms with Crippen LogP contribution in [0.2, 0.25) is 0 Å². The molecule has 1 nitrogen and oxygen atoms in total. The molecule has 0 aromatic heterocycles. The number of terminal acetylenes is 1.